The van der Waals surface area contributed by atoms with Crippen LogP contribution in [0.25, 0.3) is 0 Å². The molecule has 3 atom stereocenters. The zero-order chi connectivity index (χ0) is 16.1. The van der Waals surface area contributed by atoms with Crippen LogP contribution in [0.1, 0.15) is 12.5 Å². The molecular weight excluding hydrogens is 288 g/mol. The Balaban J connectivity index is 2.24. The summed E-state index contributed by atoms with van der Waals surface area (Å²) in [5.41, 5.74) is 0.233. The number of hydrogen-bond acceptors (Lipinski definition) is 6. The van der Waals surface area contributed by atoms with Crippen LogP contribution in [0.15, 0.2) is 18.2 Å². The quantitative estimate of drug-likeness (QED) is 0.731. The molecular formula is C15H14N2O5. The molecule has 1 saturated heterocycles. The van der Waals surface area contributed by atoms with Crippen LogP contribution in [0.4, 0.5) is 10.5 Å². The Hall–Kier alpha value is -2.75. The summed E-state index contributed by atoms with van der Waals surface area (Å²) in [6.45, 7) is 1.73. The largest absolute Gasteiger partial charge is 0.497 e. The Morgan fingerprint density at radius 1 is 1.45 bits per heavy atom. The van der Waals surface area contributed by atoms with E-state index in [1.807, 2.05) is 6.07 Å². The normalized spacial score (nSPS) is 28.5. The molecule has 0 aliphatic carbocycles. The summed E-state index contributed by atoms with van der Waals surface area (Å²) in [5, 5.41) is 9.37. The molecule has 1 aromatic carbocycles. The summed E-state index contributed by atoms with van der Waals surface area (Å²) >= 11 is 0. The van der Waals surface area contributed by atoms with Crippen molar-refractivity contribution < 1.29 is 23.8 Å². The number of fused-ring (bicyclic) bond motifs is 3. The van der Waals surface area contributed by atoms with E-state index in [0.29, 0.717) is 17.0 Å². The van der Waals surface area contributed by atoms with Gasteiger partial charge in [-0.15, -0.1) is 0 Å². The van der Waals surface area contributed by atoms with Crippen LogP contribution in [0.2, 0.25) is 0 Å². The Morgan fingerprint density at radius 3 is 2.77 bits per heavy atom. The Morgan fingerprint density at radius 2 is 2.18 bits per heavy atom. The van der Waals surface area contributed by atoms with E-state index >= 15 is 0 Å². The Bertz CT molecular complexity index is 710. The van der Waals surface area contributed by atoms with Gasteiger partial charge in [0.05, 0.1) is 31.4 Å². The van der Waals surface area contributed by atoms with E-state index in [9.17, 15) is 14.9 Å². The first-order chi connectivity index (χ1) is 10.5. The third-order valence-corrected chi connectivity index (χ3v) is 4.35. The maximum absolute atomic E-state index is 12.1. The van der Waals surface area contributed by atoms with E-state index in [0.717, 1.165) is 0 Å². The number of amides is 1. The molecule has 0 N–H and O–H groups in total. The second kappa shape index (κ2) is 4.63. The van der Waals surface area contributed by atoms with Gasteiger partial charge in [0.25, 0.3) is 0 Å². The minimum absolute atomic E-state index is 0.549. The van der Waals surface area contributed by atoms with Crippen molar-refractivity contribution in [1.82, 2.24) is 0 Å². The van der Waals surface area contributed by atoms with Crippen molar-refractivity contribution in [2.75, 3.05) is 19.1 Å². The highest BCUT2D eigenvalue weighted by molar-refractivity contribution is 5.96. The molecule has 2 heterocycles. The number of nitrogens with zero attached hydrogens (tertiary/aromatic N) is 2. The number of carbonyl (C=O) groups is 2. The minimum Gasteiger partial charge on any atom is -0.497 e. The number of methoxy groups -OCH3 is 2. The molecule has 0 aromatic heterocycles. The highest BCUT2D eigenvalue weighted by atomic mass is 16.6. The van der Waals surface area contributed by atoms with Gasteiger partial charge in [-0.05, 0) is 30.7 Å². The number of benzene rings is 1. The van der Waals surface area contributed by atoms with E-state index in [2.05, 4.69) is 0 Å². The van der Waals surface area contributed by atoms with Crippen LogP contribution in [-0.2, 0) is 19.7 Å². The van der Waals surface area contributed by atoms with Crippen molar-refractivity contribution >= 4 is 17.7 Å². The van der Waals surface area contributed by atoms with Gasteiger partial charge in [0.2, 0.25) is 0 Å². The summed E-state index contributed by atoms with van der Waals surface area (Å²) in [6, 6.07) is 7.10. The number of nitriles is 1. The molecule has 2 aliphatic heterocycles. The predicted octanol–water partition coefficient (Wildman–Crippen LogP) is 1.56. The average molecular weight is 302 g/mol. The molecule has 3 rings (SSSR count). The topological polar surface area (TPSA) is 88.9 Å². The van der Waals surface area contributed by atoms with Crippen molar-refractivity contribution in [3.63, 3.8) is 0 Å². The zero-order valence-corrected chi connectivity index (χ0v) is 12.3. The van der Waals surface area contributed by atoms with Crippen LogP contribution in [0.3, 0.4) is 0 Å². The van der Waals surface area contributed by atoms with Crippen molar-refractivity contribution in [3.8, 4) is 11.8 Å². The molecule has 0 bridgehead atoms. The maximum atomic E-state index is 12.1. The molecule has 7 nitrogen and oxygen atoms in total. The smallest absolute Gasteiger partial charge is 0.417 e. The van der Waals surface area contributed by atoms with E-state index in [1.54, 1.807) is 25.1 Å². The van der Waals surface area contributed by atoms with E-state index < -0.39 is 29.6 Å². The van der Waals surface area contributed by atoms with Crippen LogP contribution in [-0.4, -0.2) is 32.5 Å². The molecule has 0 radical (unpaired) electrons. The lowest BCUT2D eigenvalue weighted by Gasteiger charge is -2.26. The fourth-order valence-electron chi connectivity index (χ4n) is 3.19. The second-order valence-electron chi connectivity index (χ2n) is 5.36. The number of anilines is 1. The monoisotopic (exact) mass is 302 g/mol. The van der Waals surface area contributed by atoms with Crippen LogP contribution >= 0.6 is 0 Å². The third-order valence-electron chi connectivity index (χ3n) is 4.35. The van der Waals surface area contributed by atoms with Crippen LogP contribution in [0, 0.1) is 17.2 Å². The fourth-order valence-corrected chi connectivity index (χ4v) is 3.19. The van der Waals surface area contributed by atoms with Gasteiger partial charge >= 0.3 is 12.1 Å². The van der Waals surface area contributed by atoms with Crippen molar-refractivity contribution in [3.05, 3.63) is 23.8 Å². The van der Waals surface area contributed by atoms with E-state index in [4.69, 9.17) is 14.2 Å². The Kier molecular flexibility index (Phi) is 2.99. The molecule has 2 aliphatic rings. The first kappa shape index (κ1) is 14.2. The molecule has 114 valence electrons. The number of esters is 1. The highest BCUT2D eigenvalue weighted by Gasteiger charge is 2.64. The molecule has 1 amide bonds. The number of hydrogen-bond donors (Lipinski definition) is 0. The molecule has 1 aromatic rings. The molecule has 0 unspecified atom stereocenters. The van der Waals surface area contributed by atoms with Crippen molar-refractivity contribution in [1.29, 1.82) is 5.26 Å². The fraction of sp³-hybridized carbons (Fsp3) is 0.400. The summed E-state index contributed by atoms with van der Waals surface area (Å²) in [5.74, 6) is -1.07. The summed E-state index contributed by atoms with van der Waals surface area (Å²) in [7, 11) is 2.77. The van der Waals surface area contributed by atoms with Gasteiger partial charge in [-0.25, -0.2) is 9.69 Å². The van der Waals surface area contributed by atoms with Crippen molar-refractivity contribution in [2.45, 2.75) is 18.6 Å². The minimum atomic E-state index is -1.00. The van der Waals surface area contributed by atoms with Crippen LogP contribution < -0.4 is 9.64 Å². The molecule has 1 fully saturated rings. The standard InChI is InChI=1S/C15H14N2O5/c1-15-9-6-8(20-2)4-5-11(9)17(14(19)21-3)13(15)22-12(18)10(15)7-16/h4-6,10,13H,1-3H3/t10-,13+,15-/m1/s1. The van der Waals surface area contributed by atoms with Gasteiger partial charge in [0.15, 0.2) is 12.1 Å². The zero-order valence-electron chi connectivity index (χ0n) is 12.3. The van der Waals surface area contributed by atoms with Gasteiger partial charge < -0.3 is 14.2 Å². The SMILES string of the molecule is COC(=O)N1c2ccc(OC)cc2[C@]2(C)[C@H](C#N)C(=O)O[C@H]12. The number of ether oxygens (including phenoxy) is 3. The lowest BCUT2D eigenvalue weighted by Crippen LogP contribution is -2.45. The second-order valence-corrected chi connectivity index (χ2v) is 5.36. The predicted molar refractivity (Wildman–Crippen MR) is 74.2 cm³/mol. The molecule has 0 spiro atoms. The lowest BCUT2D eigenvalue weighted by atomic mass is 9.74. The van der Waals surface area contributed by atoms with E-state index in [-0.39, 0.29) is 0 Å². The Labute approximate surface area is 127 Å². The van der Waals surface area contributed by atoms with Gasteiger partial charge in [0.1, 0.15) is 5.75 Å². The first-order valence-electron chi connectivity index (χ1n) is 6.64. The van der Waals surface area contributed by atoms with Crippen molar-refractivity contribution in [2.24, 2.45) is 5.92 Å². The lowest BCUT2D eigenvalue weighted by molar-refractivity contribution is -0.142. The van der Waals surface area contributed by atoms with Gasteiger partial charge in [-0.3, -0.25) is 4.79 Å². The summed E-state index contributed by atoms with van der Waals surface area (Å²) < 4.78 is 15.3. The average Bonchev–Trinajstić information content (AvgIpc) is 2.91. The van der Waals surface area contributed by atoms with Gasteiger partial charge in [0, 0.05) is 0 Å². The molecule has 22 heavy (non-hydrogen) atoms. The number of carbonyl (C=O) groups excluding carboxylic acids is 2. The molecule has 0 saturated carbocycles. The van der Waals surface area contributed by atoms with Gasteiger partial charge in [-0.2, -0.15) is 5.26 Å². The highest BCUT2D eigenvalue weighted by Crippen LogP contribution is 2.54. The first-order valence-corrected chi connectivity index (χ1v) is 6.64. The van der Waals surface area contributed by atoms with Gasteiger partial charge in [-0.1, -0.05) is 0 Å². The summed E-state index contributed by atoms with van der Waals surface area (Å²) in [4.78, 5) is 25.4. The molecule has 7 heteroatoms. The van der Waals surface area contributed by atoms with E-state index in [1.165, 1.54) is 19.1 Å². The summed E-state index contributed by atoms with van der Waals surface area (Å²) in [6.07, 6.45) is -1.55. The number of rotatable bonds is 1. The third kappa shape index (κ3) is 1.55. The maximum Gasteiger partial charge on any atom is 0.417 e. The van der Waals surface area contributed by atoms with Crippen LogP contribution in [0.5, 0.6) is 5.75 Å².